The zero-order valence-electron chi connectivity index (χ0n) is 16.6. The Morgan fingerprint density at radius 3 is 2.37 bits per heavy atom. The van der Waals surface area contributed by atoms with E-state index in [4.69, 9.17) is 4.74 Å². The van der Waals surface area contributed by atoms with E-state index >= 15 is 0 Å². The molecule has 4 aliphatic rings. The molecule has 0 bridgehead atoms. The lowest BCUT2D eigenvalue weighted by Crippen LogP contribution is -2.60. The first-order valence-electron chi connectivity index (χ1n) is 10.3. The third-order valence-corrected chi connectivity index (χ3v) is 6.19. The summed E-state index contributed by atoms with van der Waals surface area (Å²) in [5.74, 6) is -0.119. The van der Waals surface area contributed by atoms with Gasteiger partial charge in [-0.2, -0.15) is 0 Å². The lowest BCUT2D eigenvalue weighted by molar-refractivity contribution is -0.125. The molecular formula is C20H32FN3O3. The molecule has 1 saturated heterocycles. The number of hydrogen-bond acceptors (Lipinski definition) is 5. The maximum absolute atomic E-state index is 14.9. The van der Waals surface area contributed by atoms with Crippen LogP contribution in [0, 0.1) is 5.92 Å². The van der Waals surface area contributed by atoms with Crippen LogP contribution >= 0.6 is 0 Å². The zero-order chi connectivity index (χ0) is 19.6. The monoisotopic (exact) mass is 381 g/mol. The van der Waals surface area contributed by atoms with Crippen LogP contribution in [0.25, 0.3) is 0 Å². The van der Waals surface area contributed by atoms with Gasteiger partial charge < -0.3 is 14.5 Å². The van der Waals surface area contributed by atoms with Gasteiger partial charge in [-0.05, 0) is 31.8 Å². The summed E-state index contributed by atoms with van der Waals surface area (Å²) in [6.45, 7) is 6.44. The normalized spacial score (nSPS) is 33.9. The molecule has 3 fully saturated rings. The van der Waals surface area contributed by atoms with Crippen LogP contribution in [0.3, 0.4) is 0 Å². The van der Waals surface area contributed by atoms with Gasteiger partial charge in [0, 0.05) is 56.4 Å². The first kappa shape index (κ1) is 20.1. The van der Waals surface area contributed by atoms with Gasteiger partial charge in [-0.25, -0.2) is 9.18 Å². The number of halogens is 1. The average Bonchev–Trinajstić information content (AvgIpc) is 3.54. The Morgan fingerprint density at radius 2 is 1.78 bits per heavy atom. The third-order valence-electron chi connectivity index (χ3n) is 6.19. The Kier molecular flexibility index (Phi) is 6.40. The summed E-state index contributed by atoms with van der Waals surface area (Å²) < 4.78 is 19.7. The highest BCUT2D eigenvalue weighted by Crippen LogP contribution is 2.41. The summed E-state index contributed by atoms with van der Waals surface area (Å²) in [6.07, 6.45) is 5.63. The Labute approximate surface area is 161 Å². The van der Waals surface area contributed by atoms with Gasteiger partial charge in [-0.1, -0.05) is 13.8 Å². The van der Waals surface area contributed by atoms with E-state index in [9.17, 15) is 14.0 Å². The average molecular weight is 381 g/mol. The lowest BCUT2D eigenvalue weighted by atomic mass is 9.75. The van der Waals surface area contributed by atoms with Gasteiger partial charge in [0.15, 0.2) is 5.78 Å². The Bertz CT molecular complexity index is 573. The van der Waals surface area contributed by atoms with Crippen LogP contribution in [0.5, 0.6) is 0 Å². The van der Waals surface area contributed by atoms with Gasteiger partial charge in [0.2, 0.25) is 0 Å². The molecule has 0 aromatic carbocycles. The minimum absolute atomic E-state index is 0.0820. The van der Waals surface area contributed by atoms with Crippen LogP contribution in [-0.2, 0) is 9.53 Å². The molecule has 6 nitrogen and oxygen atoms in total. The number of alkyl halides is 1. The van der Waals surface area contributed by atoms with Gasteiger partial charge in [0.25, 0.3) is 0 Å². The quantitative estimate of drug-likeness (QED) is 0.735. The summed E-state index contributed by atoms with van der Waals surface area (Å²) in [7, 11) is 1.38. The van der Waals surface area contributed by atoms with E-state index in [1.807, 2.05) is 20.0 Å². The van der Waals surface area contributed by atoms with Crippen LogP contribution in [0.1, 0.15) is 39.5 Å². The number of allylic oxidation sites excluding steroid dienone is 1. The second-order valence-corrected chi connectivity index (χ2v) is 7.62. The molecule has 7 heteroatoms. The number of piperazine rings is 1. The van der Waals surface area contributed by atoms with Crippen molar-refractivity contribution in [2.24, 2.45) is 5.92 Å². The summed E-state index contributed by atoms with van der Waals surface area (Å²) in [6, 6.07) is 0.493. The maximum Gasteiger partial charge on any atom is 0.409 e. The highest BCUT2D eigenvalue weighted by molar-refractivity contribution is 5.93. The van der Waals surface area contributed by atoms with E-state index in [2.05, 4.69) is 9.80 Å². The van der Waals surface area contributed by atoms with Crippen molar-refractivity contribution in [3.63, 3.8) is 0 Å². The molecule has 4 rings (SSSR count). The number of carbonyl (C=O) groups excluding carboxylic acids is 2. The summed E-state index contributed by atoms with van der Waals surface area (Å²) >= 11 is 0. The van der Waals surface area contributed by atoms with Gasteiger partial charge in [-0.15, -0.1) is 0 Å². The molecule has 2 aliphatic carbocycles. The van der Waals surface area contributed by atoms with Gasteiger partial charge in [0.1, 0.15) is 6.17 Å². The van der Waals surface area contributed by atoms with Crippen molar-refractivity contribution in [3.8, 4) is 0 Å². The number of ether oxygens (including phenoxy) is 1. The summed E-state index contributed by atoms with van der Waals surface area (Å²) in [5, 5.41) is 0. The van der Waals surface area contributed by atoms with Gasteiger partial charge in [0.05, 0.1) is 7.11 Å². The first-order valence-corrected chi connectivity index (χ1v) is 10.3. The molecule has 2 saturated carbocycles. The second-order valence-electron chi connectivity index (χ2n) is 7.62. The van der Waals surface area contributed by atoms with Crippen molar-refractivity contribution in [1.29, 1.82) is 0 Å². The molecule has 152 valence electrons. The first-order chi connectivity index (χ1) is 13.1. The molecule has 4 unspecified atom stereocenters. The van der Waals surface area contributed by atoms with E-state index in [1.54, 1.807) is 11.0 Å². The fraction of sp³-hybridized carbons (Fsp3) is 0.800. The minimum atomic E-state index is -0.984. The fourth-order valence-corrected chi connectivity index (χ4v) is 4.65. The molecule has 2 heterocycles. The van der Waals surface area contributed by atoms with Crippen LogP contribution in [0.2, 0.25) is 0 Å². The molecule has 0 radical (unpaired) electrons. The molecule has 2 aliphatic heterocycles. The van der Waals surface area contributed by atoms with Crippen molar-refractivity contribution in [2.75, 3.05) is 33.3 Å². The summed E-state index contributed by atoms with van der Waals surface area (Å²) in [4.78, 5) is 30.0. The van der Waals surface area contributed by atoms with E-state index in [0.29, 0.717) is 45.1 Å². The molecule has 1 amide bonds. The number of hydrogen-bond donors (Lipinski definition) is 0. The topological polar surface area (TPSA) is 53.1 Å². The van der Waals surface area contributed by atoms with Crippen molar-refractivity contribution in [2.45, 2.75) is 63.8 Å². The van der Waals surface area contributed by atoms with E-state index in [0.717, 1.165) is 0 Å². The van der Waals surface area contributed by atoms with Crippen molar-refractivity contribution in [1.82, 2.24) is 14.7 Å². The van der Waals surface area contributed by atoms with Crippen molar-refractivity contribution < 1.29 is 18.7 Å². The molecule has 0 spiro atoms. The number of carbonyl (C=O) groups is 2. The van der Waals surface area contributed by atoms with E-state index < -0.39 is 6.17 Å². The lowest BCUT2D eigenvalue weighted by Gasteiger charge is -2.49. The smallest absolute Gasteiger partial charge is 0.409 e. The van der Waals surface area contributed by atoms with Crippen molar-refractivity contribution in [3.05, 3.63) is 12.3 Å². The highest BCUT2D eigenvalue weighted by Gasteiger charge is 2.48. The minimum Gasteiger partial charge on any atom is -0.453 e. The molecule has 0 N–H and O–H groups in total. The number of amides is 1. The number of methoxy groups -OCH3 is 1. The second kappa shape index (κ2) is 8.59. The zero-order valence-corrected chi connectivity index (χ0v) is 16.6. The van der Waals surface area contributed by atoms with Gasteiger partial charge in [-0.3, -0.25) is 9.69 Å². The largest absolute Gasteiger partial charge is 0.453 e. The Balaban J connectivity index is 0.00000102. The summed E-state index contributed by atoms with van der Waals surface area (Å²) in [5.41, 5.74) is 0. The molecule has 4 atom stereocenters. The predicted molar refractivity (Wildman–Crippen MR) is 101 cm³/mol. The molecule has 27 heavy (non-hydrogen) atoms. The Hall–Kier alpha value is -1.63. The van der Waals surface area contributed by atoms with Crippen LogP contribution in [0.15, 0.2) is 12.3 Å². The molecule has 0 aromatic rings. The van der Waals surface area contributed by atoms with E-state index in [1.165, 1.54) is 20.0 Å². The number of fused-ring (bicyclic) bond motifs is 1. The molecule has 0 aromatic heterocycles. The standard InChI is InChI=1S/C18H26FN3O3.C2H6/c1-25-18(24)21-8-6-20(7-9-21)16-11-15-13(10-14(16)19)17(23)4-5-22(15)12-2-3-12;1-2/h4-5,12-16H,2-3,6-11H2,1H3;1-2H3. The van der Waals surface area contributed by atoms with Crippen LogP contribution in [-0.4, -0.2) is 84.2 Å². The van der Waals surface area contributed by atoms with Crippen LogP contribution in [0.4, 0.5) is 9.18 Å². The predicted octanol–water partition coefficient (Wildman–Crippen LogP) is 2.44. The SMILES string of the molecule is CC.COC(=O)N1CCN(C2CC3C(CC2F)C(=O)C=CN3C2CC2)CC1. The van der Waals surface area contributed by atoms with Crippen molar-refractivity contribution >= 4 is 11.9 Å². The van der Waals surface area contributed by atoms with E-state index in [-0.39, 0.29) is 29.9 Å². The third kappa shape index (κ3) is 4.13. The number of rotatable bonds is 2. The molecular weight excluding hydrogens is 349 g/mol. The number of nitrogens with zero attached hydrogens (tertiary/aromatic N) is 3. The highest BCUT2D eigenvalue weighted by atomic mass is 19.1. The van der Waals surface area contributed by atoms with Crippen LogP contribution < -0.4 is 0 Å². The maximum atomic E-state index is 14.9. The Morgan fingerprint density at radius 1 is 1.11 bits per heavy atom. The fourth-order valence-electron chi connectivity index (χ4n) is 4.65. The van der Waals surface area contributed by atoms with Gasteiger partial charge >= 0.3 is 6.09 Å². The number of ketones is 1.